The standard InChI is InChI=1S/C9H14O/c10-9-7-5-3-1-2-4-6-8-9/h3,5H,1-2,4,6-8H2/b5-3-. The summed E-state index contributed by atoms with van der Waals surface area (Å²) in [5.41, 5.74) is 0. The van der Waals surface area contributed by atoms with E-state index in [0.717, 1.165) is 19.3 Å². The summed E-state index contributed by atoms with van der Waals surface area (Å²) >= 11 is 0. The molecule has 0 fully saturated rings. The summed E-state index contributed by atoms with van der Waals surface area (Å²) < 4.78 is 0. The van der Waals surface area contributed by atoms with E-state index < -0.39 is 0 Å². The molecule has 1 aliphatic carbocycles. The van der Waals surface area contributed by atoms with Crippen LogP contribution in [0.1, 0.15) is 38.5 Å². The number of hydrogen-bond acceptors (Lipinski definition) is 1. The first-order valence-corrected chi connectivity index (χ1v) is 4.06. The molecule has 0 bridgehead atoms. The maximum Gasteiger partial charge on any atom is 0.136 e. The molecule has 0 radical (unpaired) electrons. The molecule has 1 nitrogen and oxygen atoms in total. The van der Waals surface area contributed by atoms with Crippen molar-refractivity contribution < 1.29 is 4.79 Å². The van der Waals surface area contributed by atoms with Gasteiger partial charge in [-0.1, -0.05) is 18.6 Å². The van der Waals surface area contributed by atoms with Gasteiger partial charge in [0.05, 0.1) is 0 Å². The molecule has 0 aromatic rings. The highest BCUT2D eigenvalue weighted by Crippen LogP contribution is 2.08. The van der Waals surface area contributed by atoms with Gasteiger partial charge in [-0.3, -0.25) is 4.79 Å². The van der Waals surface area contributed by atoms with E-state index in [9.17, 15) is 4.79 Å². The minimum absolute atomic E-state index is 0.401. The molecule has 0 spiro atoms. The fourth-order valence-corrected chi connectivity index (χ4v) is 1.20. The van der Waals surface area contributed by atoms with E-state index in [4.69, 9.17) is 0 Å². The molecule has 0 aromatic heterocycles. The number of allylic oxidation sites excluding steroid dienone is 2. The van der Waals surface area contributed by atoms with Gasteiger partial charge in [0.2, 0.25) is 0 Å². The lowest BCUT2D eigenvalue weighted by molar-refractivity contribution is -0.118. The Labute approximate surface area is 62.1 Å². The predicted molar refractivity (Wildman–Crippen MR) is 41.8 cm³/mol. The lowest BCUT2D eigenvalue weighted by Crippen LogP contribution is -1.93. The van der Waals surface area contributed by atoms with Gasteiger partial charge >= 0.3 is 0 Å². The summed E-state index contributed by atoms with van der Waals surface area (Å²) in [6.45, 7) is 0. The van der Waals surface area contributed by atoms with Crippen LogP contribution in [0.2, 0.25) is 0 Å². The van der Waals surface area contributed by atoms with Crippen LogP contribution in [0, 0.1) is 0 Å². The van der Waals surface area contributed by atoms with Gasteiger partial charge in [0, 0.05) is 12.8 Å². The summed E-state index contributed by atoms with van der Waals surface area (Å²) in [5, 5.41) is 0. The molecule has 0 amide bonds. The van der Waals surface area contributed by atoms with Crippen molar-refractivity contribution >= 4 is 5.78 Å². The third-order valence-corrected chi connectivity index (χ3v) is 1.84. The van der Waals surface area contributed by atoms with Crippen LogP contribution in [0.3, 0.4) is 0 Å². The van der Waals surface area contributed by atoms with Gasteiger partial charge < -0.3 is 0 Å². The van der Waals surface area contributed by atoms with Gasteiger partial charge in [0.1, 0.15) is 5.78 Å². The molecule has 1 aliphatic rings. The maximum atomic E-state index is 10.9. The van der Waals surface area contributed by atoms with E-state index in [1.165, 1.54) is 12.8 Å². The fourth-order valence-electron chi connectivity index (χ4n) is 1.20. The molecule has 56 valence electrons. The summed E-state index contributed by atoms with van der Waals surface area (Å²) in [6, 6.07) is 0. The first-order chi connectivity index (χ1) is 4.89. The number of hydrogen-bond donors (Lipinski definition) is 0. The largest absolute Gasteiger partial charge is 0.299 e. The van der Waals surface area contributed by atoms with Gasteiger partial charge in [0.25, 0.3) is 0 Å². The Morgan fingerprint density at radius 2 is 2.00 bits per heavy atom. The second-order valence-corrected chi connectivity index (χ2v) is 2.81. The molecule has 0 atom stereocenters. The van der Waals surface area contributed by atoms with Crippen LogP contribution in [-0.4, -0.2) is 5.78 Å². The Bertz CT molecular complexity index is 136. The van der Waals surface area contributed by atoms with Crippen LogP contribution in [0.5, 0.6) is 0 Å². The van der Waals surface area contributed by atoms with Crippen LogP contribution in [0.4, 0.5) is 0 Å². The van der Waals surface area contributed by atoms with E-state index in [1.807, 2.05) is 6.08 Å². The SMILES string of the molecule is O=C1C/C=C\CCCCC1. The molecule has 10 heavy (non-hydrogen) atoms. The van der Waals surface area contributed by atoms with Crippen molar-refractivity contribution in [2.24, 2.45) is 0 Å². The monoisotopic (exact) mass is 138 g/mol. The number of ketones is 1. The third-order valence-electron chi connectivity index (χ3n) is 1.84. The summed E-state index contributed by atoms with van der Waals surface area (Å²) in [5.74, 6) is 0.401. The second-order valence-electron chi connectivity index (χ2n) is 2.81. The van der Waals surface area contributed by atoms with Crippen molar-refractivity contribution in [3.63, 3.8) is 0 Å². The van der Waals surface area contributed by atoms with Crippen LogP contribution in [-0.2, 0) is 4.79 Å². The van der Waals surface area contributed by atoms with Gasteiger partial charge in [-0.25, -0.2) is 0 Å². The average Bonchev–Trinajstić information content (AvgIpc) is 2.02. The third kappa shape index (κ3) is 2.81. The molecule has 1 rings (SSSR count). The molecular weight excluding hydrogens is 124 g/mol. The summed E-state index contributed by atoms with van der Waals surface area (Å²) in [7, 11) is 0. The minimum Gasteiger partial charge on any atom is -0.299 e. The quantitative estimate of drug-likeness (QED) is 0.470. The Kier molecular flexibility index (Phi) is 3.20. The molecule has 0 unspecified atom stereocenters. The van der Waals surface area contributed by atoms with Crippen LogP contribution in [0.25, 0.3) is 0 Å². The van der Waals surface area contributed by atoms with Crippen LogP contribution < -0.4 is 0 Å². The highest BCUT2D eigenvalue weighted by atomic mass is 16.1. The molecule has 0 heterocycles. The minimum atomic E-state index is 0.401. The summed E-state index contributed by atoms with van der Waals surface area (Å²) in [4.78, 5) is 10.9. The van der Waals surface area contributed by atoms with E-state index in [0.29, 0.717) is 12.2 Å². The first-order valence-electron chi connectivity index (χ1n) is 4.06. The molecular formula is C9H14O. The van der Waals surface area contributed by atoms with Crippen molar-refractivity contribution in [3.8, 4) is 0 Å². The number of carbonyl (C=O) groups is 1. The smallest absolute Gasteiger partial charge is 0.136 e. The molecule has 0 aliphatic heterocycles. The Morgan fingerprint density at radius 3 is 2.90 bits per heavy atom. The van der Waals surface area contributed by atoms with Gasteiger partial charge in [0.15, 0.2) is 0 Å². The molecule has 0 aromatic carbocycles. The lowest BCUT2D eigenvalue weighted by atomic mass is 10.1. The van der Waals surface area contributed by atoms with Crippen LogP contribution >= 0.6 is 0 Å². The van der Waals surface area contributed by atoms with Gasteiger partial charge in [-0.2, -0.15) is 0 Å². The first kappa shape index (κ1) is 7.52. The molecule has 0 N–H and O–H groups in total. The number of rotatable bonds is 0. The van der Waals surface area contributed by atoms with Crippen molar-refractivity contribution in [1.82, 2.24) is 0 Å². The number of carbonyl (C=O) groups excluding carboxylic acids is 1. The lowest BCUT2D eigenvalue weighted by Gasteiger charge is -1.93. The Hall–Kier alpha value is -0.590. The van der Waals surface area contributed by atoms with E-state index in [2.05, 4.69) is 6.08 Å². The predicted octanol–water partition coefficient (Wildman–Crippen LogP) is 2.47. The van der Waals surface area contributed by atoms with Crippen molar-refractivity contribution in [2.75, 3.05) is 0 Å². The zero-order chi connectivity index (χ0) is 7.23. The van der Waals surface area contributed by atoms with E-state index in [1.54, 1.807) is 0 Å². The highest BCUT2D eigenvalue weighted by Gasteiger charge is 2.00. The molecule has 0 saturated heterocycles. The normalized spacial score (nSPS) is 24.6. The fraction of sp³-hybridized carbons (Fsp3) is 0.667. The highest BCUT2D eigenvalue weighted by molar-refractivity contribution is 5.79. The van der Waals surface area contributed by atoms with Crippen molar-refractivity contribution in [2.45, 2.75) is 38.5 Å². The van der Waals surface area contributed by atoms with Crippen molar-refractivity contribution in [3.05, 3.63) is 12.2 Å². The summed E-state index contributed by atoms with van der Waals surface area (Å²) in [6.07, 6.45) is 10.3. The zero-order valence-corrected chi connectivity index (χ0v) is 6.31. The average molecular weight is 138 g/mol. The van der Waals surface area contributed by atoms with Gasteiger partial charge in [-0.05, 0) is 19.3 Å². The topological polar surface area (TPSA) is 17.1 Å². The maximum absolute atomic E-state index is 10.9. The number of Topliss-reactive ketones (excluding diaryl/α,β-unsaturated/α-hetero) is 1. The van der Waals surface area contributed by atoms with Crippen LogP contribution in [0.15, 0.2) is 12.2 Å². The van der Waals surface area contributed by atoms with E-state index >= 15 is 0 Å². The second kappa shape index (κ2) is 4.26. The zero-order valence-electron chi connectivity index (χ0n) is 6.31. The Balaban J connectivity index is 2.33. The van der Waals surface area contributed by atoms with Crippen molar-refractivity contribution in [1.29, 1.82) is 0 Å². The Morgan fingerprint density at radius 1 is 1.10 bits per heavy atom. The van der Waals surface area contributed by atoms with Gasteiger partial charge in [-0.15, -0.1) is 0 Å². The van der Waals surface area contributed by atoms with E-state index in [-0.39, 0.29) is 0 Å². The molecule has 0 saturated carbocycles. The molecule has 1 heteroatoms.